The van der Waals surface area contributed by atoms with E-state index in [0.29, 0.717) is 12.5 Å². The summed E-state index contributed by atoms with van der Waals surface area (Å²) in [5.41, 5.74) is 0.121. The van der Waals surface area contributed by atoms with Crippen LogP contribution in [0.3, 0.4) is 0 Å². The highest BCUT2D eigenvalue weighted by atomic mass is 32.2. The first-order valence-electron chi connectivity index (χ1n) is 6.61. The fraction of sp³-hybridized carbons (Fsp3) is 1.00. The Balaban J connectivity index is 4.59. The number of sulfonamides is 1. The van der Waals surface area contributed by atoms with Gasteiger partial charge in [0, 0.05) is 25.7 Å². The molecule has 4 nitrogen and oxygen atoms in total. The van der Waals surface area contributed by atoms with Crippen LogP contribution in [0, 0.1) is 5.92 Å². The van der Waals surface area contributed by atoms with E-state index in [0.717, 1.165) is 19.4 Å². The number of nitrogens with zero attached hydrogens (tertiary/aromatic N) is 2. The Labute approximate surface area is 113 Å². The van der Waals surface area contributed by atoms with Gasteiger partial charge in [-0.05, 0) is 40.2 Å². The molecule has 0 saturated carbocycles. The third-order valence-corrected chi connectivity index (χ3v) is 4.74. The molecular formula is C13H30N2O2S. The fourth-order valence-electron chi connectivity index (χ4n) is 1.81. The van der Waals surface area contributed by atoms with Crippen molar-refractivity contribution in [3.05, 3.63) is 0 Å². The van der Waals surface area contributed by atoms with Crippen molar-refractivity contribution in [3.63, 3.8) is 0 Å². The molecule has 5 heteroatoms. The molecule has 0 fully saturated rings. The van der Waals surface area contributed by atoms with Crippen molar-refractivity contribution in [2.24, 2.45) is 5.92 Å². The summed E-state index contributed by atoms with van der Waals surface area (Å²) < 4.78 is 24.4. The third kappa shape index (κ3) is 6.71. The van der Waals surface area contributed by atoms with E-state index < -0.39 is 10.0 Å². The van der Waals surface area contributed by atoms with Crippen LogP contribution in [0.4, 0.5) is 0 Å². The summed E-state index contributed by atoms with van der Waals surface area (Å²) in [5.74, 6) is 0.388. The number of hydrogen-bond donors (Lipinski definition) is 0. The van der Waals surface area contributed by atoms with Crippen molar-refractivity contribution in [1.82, 2.24) is 9.21 Å². The van der Waals surface area contributed by atoms with Crippen molar-refractivity contribution in [2.75, 3.05) is 33.4 Å². The molecular weight excluding hydrogens is 248 g/mol. The van der Waals surface area contributed by atoms with Gasteiger partial charge in [-0.15, -0.1) is 0 Å². The van der Waals surface area contributed by atoms with Crippen molar-refractivity contribution >= 4 is 10.0 Å². The standard InChI is InChI=1S/C13H30N2O2S/c1-8-9-12(10-14(5)13(2,3)4)11-15(6)18(7,16)17/h12H,8-11H2,1-7H3. The molecule has 0 aliphatic carbocycles. The molecule has 1 unspecified atom stereocenters. The van der Waals surface area contributed by atoms with E-state index in [1.165, 1.54) is 10.6 Å². The van der Waals surface area contributed by atoms with Gasteiger partial charge in [-0.25, -0.2) is 12.7 Å². The average molecular weight is 278 g/mol. The maximum Gasteiger partial charge on any atom is 0.210 e. The largest absolute Gasteiger partial charge is 0.301 e. The van der Waals surface area contributed by atoms with Gasteiger partial charge in [-0.3, -0.25) is 0 Å². The van der Waals surface area contributed by atoms with Gasteiger partial charge in [0.15, 0.2) is 0 Å². The van der Waals surface area contributed by atoms with Gasteiger partial charge in [-0.1, -0.05) is 13.3 Å². The zero-order valence-electron chi connectivity index (χ0n) is 13.0. The van der Waals surface area contributed by atoms with Gasteiger partial charge in [0.2, 0.25) is 10.0 Å². The van der Waals surface area contributed by atoms with Gasteiger partial charge in [-0.2, -0.15) is 0 Å². The van der Waals surface area contributed by atoms with E-state index >= 15 is 0 Å². The number of hydrogen-bond acceptors (Lipinski definition) is 3. The molecule has 0 aliphatic heterocycles. The van der Waals surface area contributed by atoms with E-state index in [1.54, 1.807) is 7.05 Å². The Bertz CT molecular complexity index is 333. The van der Waals surface area contributed by atoms with Crippen LogP contribution in [0.2, 0.25) is 0 Å². The normalized spacial score (nSPS) is 15.4. The molecule has 0 aromatic carbocycles. The molecule has 110 valence electrons. The van der Waals surface area contributed by atoms with E-state index in [4.69, 9.17) is 0 Å². The van der Waals surface area contributed by atoms with Crippen molar-refractivity contribution in [2.45, 2.75) is 46.1 Å². The van der Waals surface area contributed by atoms with E-state index in [-0.39, 0.29) is 5.54 Å². The molecule has 0 bridgehead atoms. The molecule has 0 heterocycles. The Morgan fingerprint density at radius 3 is 1.94 bits per heavy atom. The minimum atomic E-state index is -3.07. The van der Waals surface area contributed by atoms with Crippen LogP contribution in [-0.2, 0) is 10.0 Å². The second-order valence-electron chi connectivity index (χ2n) is 6.25. The lowest BCUT2D eigenvalue weighted by Gasteiger charge is -2.35. The van der Waals surface area contributed by atoms with Crippen LogP contribution in [-0.4, -0.2) is 56.6 Å². The Morgan fingerprint density at radius 2 is 1.61 bits per heavy atom. The van der Waals surface area contributed by atoms with Crippen molar-refractivity contribution in [3.8, 4) is 0 Å². The predicted octanol–water partition coefficient (Wildman–Crippen LogP) is 2.02. The topological polar surface area (TPSA) is 40.6 Å². The lowest BCUT2D eigenvalue weighted by atomic mass is 9.99. The molecule has 0 amide bonds. The third-order valence-electron chi connectivity index (χ3n) is 3.46. The average Bonchev–Trinajstić information content (AvgIpc) is 2.14. The highest BCUT2D eigenvalue weighted by Gasteiger charge is 2.23. The second-order valence-corrected chi connectivity index (χ2v) is 8.34. The quantitative estimate of drug-likeness (QED) is 0.715. The van der Waals surface area contributed by atoms with Crippen molar-refractivity contribution in [1.29, 1.82) is 0 Å². The molecule has 0 aliphatic rings. The highest BCUT2D eigenvalue weighted by Crippen LogP contribution is 2.17. The van der Waals surface area contributed by atoms with Crippen molar-refractivity contribution < 1.29 is 8.42 Å². The van der Waals surface area contributed by atoms with Crippen LogP contribution in [0.5, 0.6) is 0 Å². The zero-order chi connectivity index (χ0) is 14.6. The highest BCUT2D eigenvalue weighted by molar-refractivity contribution is 7.88. The van der Waals surface area contributed by atoms with Gasteiger partial charge in [0.1, 0.15) is 0 Å². The number of rotatable bonds is 7. The van der Waals surface area contributed by atoms with E-state index in [2.05, 4.69) is 39.6 Å². The molecule has 0 aromatic heterocycles. The molecule has 18 heavy (non-hydrogen) atoms. The SMILES string of the molecule is CCCC(CN(C)C(C)(C)C)CN(C)S(C)(=O)=O. The molecule has 0 N–H and O–H groups in total. The first-order chi connectivity index (χ1) is 7.98. The molecule has 0 saturated heterocycles. The maximum absolute atomic E-state index is 11.5. The smallest absolute Gasteiger partial charge is 0.210 e. The Morgan fingerprint density at radius 1 is 1.11 bits per heavy atom. The van der Waals surface area contributed by atoms with E-state index in [1.807, 2.05) is 0 Å². The first kappa shape index (κ1) is 17.9. The van der Waals surface area contributed by atoms with Crippen LogP contribution in [0.15, 0.2) is 0 Å². The first-order valence-corrected chi connectivity index (χ1v) is 8.45. The summed E-state index contributed by atoms with van der Waals surface area (Å²) in [6.45, 7) is 10.2. The summed E-state index contributed by atoms with van der Waals surface area (Å²) in [6.07, 6.45) is 3.41. The molecule has 0 spiro atoms. The fourth-order valence-corrected chi connectivity index (χ4v) is 2.29. The predicted molar refractivity (Wildman–Crippen MR) is 78.3 cm³/mol. The zero-order valence-corrected chi connectivity index (χ0v) is 13.8. The molecule has 0 radical (unpaired) electrons. The van der Waals surface area contributed by atoms with Gasteiger partial charge in [0.25, 0.3) is 0 Å². The van der Waals surface area contributed by atoms with Gasteiger partial charge in [0.05, 0.1) is 6.26 Å². The lowest BCUT2D eigenvalue weighted by Crippen LogP contribution is -2.43. The van der Waals surface area contributed by atoms with Crippen LogP contribution < -0.4 is 0 Å². The lowest BCUT2D eigenvalue weighted by molar-refractivity contribution is 0.138. The second kappa shape index (κ2) is 6.87. The Hall–Kier alpha value is -0.130. The van der Waals surface area contributed by atoms with Gasteiger partial charge >= 0.3 is 0 Å². The molecule has 1 atom stereocenters. The summed E-state index contributed by atoms with van der Waals surface area (Å²) in [7, 11) is 0.689. The summed E-state index contributed by atoms with van der Waals surface area (Å²) >= 11 is 0. The monoisotopic (exact) mass is 278 g/mol. The summed E-state index contributed by atoms with van der Waals surface area (Å²) in [4.78, 5) is 2.30. The summed E-state index contributed by atoms with van der Waals surface area (Å²) in [6, 6.07) is 0. The summed E-state index contributed by atoms with van der Waals surface area (Å²) in [5, 5.41) is 0. The van der Waals surface area contributed by atoms with Gasteiger partial charge < -0.3 is 4.90 Å². The van der Waals surface area contributed by atoms with E-state index in [9.17, 15) is 8.42 Å². The van der Waals surface area contributed by atoms with Crippen LogP contribution in [0.1, 0.15) is 40.5 Å². The van der Waals surface area contributed by atoms with Crippen LogP contribution in [0.25, 0.3) is 0 Å². The molecule has 0 rings (SSSR count). The molecule has 0 aromatic rings. The maximum atomic E-state index is 11.5. The Kier molecular flexibility index (Phi) is 6.82. The van der Waals surface area contributed by atoms with Crippen LogP contribution >= 0.6 is 0 Å². The minimum absolute atomic E-state index is 0.121. The minimum Gasteiger partial charge on any atom is -0.301 e.